The SMILES string of the molecule is COc1ccc(NC2CCCSC2C)cc1Br. The van der Waals surface area contributed by atoms with E-state index in [-0.39, 0.29) is 0 Å². The first-order valence-electron chi connectivity index (χ1n) is 5.92. The van der Waals surface area contributed by atoms with Gasteiger partial charge in [-0.15, -0.1) is 0 Å². The van der Waals surface area contributed by atoms with Crippen molar-refractivity contribution in [2.75, 3.05) is 18.2 Å². The zero-order valence-electron chi connectivity index (χ0n) is 10.2. The number of ether oxygens (including phenoxy) is 1. The molecule has 94 valence electrons. The first-order valence-corrected chi connectivity index (χ1v) is 7.76. The van der Waals surface area contributed by atoms with Crippen molar-refractivity contribution < 1.29 is 4.74 Å². The fraction of sp³-hybridized carbons (Fsp3) is 0.538. The number of halogens is 1. The zero-order valence-corrected chi connectivity index (χ0v) is 12.6. The molecule has 0 saturated carbocycles. The second kappa shape index (κ2) is 6.01. The molecule has 2 rings (SSSR count). The van der Waals surface area contributed by atoms with Gasteiger partial charge in [0.25, 0.3) is 0 Å². The Morgan fingerprint density at radius 2 is 2.29 bits per heavy atom. The highest BCUT2D eigenvalue weighted by Crippen LogP contribution is 2.31. The maximum Gasteiger partial charge on any atom is 0.133 e. The quantitative estimate of drug-likeness (QED) is 0.905. The molecule has 0 bridgehead atoms. The van der Waals surface area contributed by atoms with Crippen LogP contribution in [0.1, 0.15) is 19.8 Å². The Labute approximate surface area is 116 Å². The summed E-state index contributed by atoms with van der Waals surface area (Å²) in [7, 11) is 1.69. The Hall–Kier alpha value is -0.350. The van der Waals surface area contributed by atoms with E-state index >= 15 is 0 Å². The van der Waals surface area contributed by atoms with Gasteiger partial charge in [0.2, 0.25) is 0 Å². The van der Waals surface area contributed by atoms with Crippen molar-refractivity contribution in [2.45, 2.75) is 31.1 Å². The van der Waals surface area contributed by atoms with Gasteiger partial charge >= 0.3 is 0 Å². The van der Waals surface area contributed by atoms with Crippen LogP contribution in [-0.4, -0.2) is 24.2 Å². The smallest absolute Gasteiger partial charge is 0.133 e. The van der Waals surface area contributed by atoms with Gasteiger partial charge in [0.05, 0.1) is 11.6 Å². The lowest BCUT2D eigenvalue weighted by Crippen LogP contribution is -2.32. The van der Waals surface area contributed by atoms with Crippen LogP contribution in [0.4, 0.5) is 5.69 Å². The van der Waals surface area contributed by atoms with Crippen molar-refractivity contribution in [1.82, 2.24) is 0 Å². The highest BCUT2D eigenvalue weighted by molar-refractivity contribution is 9.10. The van der Waals surface area contributed by atoms with Gasteiger partial charge in [-0.2, -0.15) is 11.8 Å². The van der Waals surface area contributed by atoms with Crippen LogP contribution in [0, 0.1) is 0 Å². The minimum absolute atomic E-state index is 0.578. The number of hydrogen-bond donors (Lipinski definition) is 1. The first-order chi connectivity index (χ1) is 8.20. The molecule has 2 atom stereocenters. The van der Waals surface area contributed by atoms with E-state index in [2.05, 4.69) is 52.1 Å². The molecular formula is C13H18BrNOS. The maximum atomic E-state index is 5.23. The molecule has 17 heavy (non-hydrogen) atoms. The molecular weight excluding hydrogens is 298 g/mol. The molecule has 2 unspecified atom stereocenters. The predicted octanol–water partition coefficient (Wildman–Crippen LogP) is 4.15. The number of anilines is 1. The maximum absolute atomic E-state index is 5.23. The summed E-state index contributed by atoms with van der Waals surface area (Å²) in [6.45, 7) is 2.31. The van der Waals surface area contributed by atoms with E-state index < -0.39 is 0 Å². The van der Waals surface area contributed by atoms with Gasteiger partial charge in [0, 0.05) is 17.0 Å². The van der Waals surface area contributed by atoms with E-state index in [1.807, 2.05) is 6.07 Å². The van der Waals surface area contributed by atoms with Crippen LogP contribution in [0.25, 0.3) is 0 Å². The second-order valence-electron chi connectivity index (χ2n) is 4.32. The summed E-state index contributed by atoms with van der Waals surface area (Å²) in [5.74, 6) is 2.17. The van der Waals surface area contributed by atoms with E-state index in [9.17, 15) is 0 Å². The molecule has 0 amide bonds. The Bertz CT molecular complexity index is 386. The summed E-state index contributed by atoms with van der Waals surface area (Å²) in [6, 6.07) is 6.74. The minimum Gasteiger partial charge on any atom is -0.496 e. The molecule has 1 heterocycles. The average molecular weight is 316 g/mol. The largest absolute Gasteiger partial charge is 0.496 e. The number of nitrogens with one attached hydrogen (secondary N) is 1. The molecule has 1 saturated heterocycles. The van der Waals surface area contributed by atoms with Gasteiger partial charge in [0.1, 0.15) is 5.75 Å². The van der Waals surface area contributed by atoms with Gasteiger partial charge in [-0.3, -0.25) is 0 Å². The molecule has 4 heteroatoms. The van der Waals surface area contributed by atoms with Crippen molar-refractivity contribution >= 4 is 33.4 Å². The van der Waals surface area contributed by atoms with Gasteiger partial charge in [-0.1, -0.05) is 6.92 Å². The van der Waals surface area contributed by atoms with Crippen LogP contribution in [0.5, 0.6) is 5.75 Å². The molecule has 1 fully saturated rings. The van der Waals surface area contributed by atoms with Gasteiger partial charge in [-0.05, 0) is 52.7 Å². The van der Waals surface area contributed by atoms with E-state index in [1.165, 1.54) is 18.6 Å². The molecule has 0 aromatic heterocycles. The summed E-state index contributed by atoms with van der Waals surface area (Å²) >= 11 is 5.58. The summed E-state index contributed by atoms with van der Waals surface area (Å²) < 4.78 is 6.23. The third-order valence-corrected chi connectivity index (χ3v) is 5.11. The number of benzene rings is 1. The summed E-state index contributed by atoms with van der Waals surface area (Å²) in [5, 5.41) is 4.30. The molecule has 1 N–H and O–H groups in total. The van der Waals surface area contributed by atoms with Gasteiger partial charge < -0.3 is 10.1 Å². The highest BCUT2D eigenvalue weighted by Gasteiger charge is 2.21. The molecule has 1 aliphatic rings. The Kier molecular flexibility index (Phi) is 4.62. The summed E-state index contributed by atoms with van der Waals surface area (Å²) in [6.07, 6.45) is 2.57. The van der Waals surface area contributed by atoms with Crippen LogP contribution < -0.4 is 10.1 Å². The fourth-order valence-corrected chi connectivity index (χ4v) is 3.77. The van der Waals surface area contributed by atoms with E-state index in [4.69, 9.17) is 4.74 Å². The van der Waals surface area contributed by atoms with Crippen LogP contribution in [-0.2, 0) is 0 Å². The van der Waals surface area contributed by atoms with Crippen LogP contribution in [0.2, 0.25) is 0 Å². The van der Waals surface area contributed by atoms with Crippen LogP contribution in [0.15, 0.2) is 22.7 Å². The normalized spacial score (nSPS) is 24.4. The molecule has 0 radical (unpaired) electrons. The standard InChI is InChI=1S/C13H18BrNOS/c1-9-12(4-3-7-17-9)15-10-5-6-13(16-2)11(14)8-10/h5-6,8-9,12,15H,3-4,7H2,1-2H3. The summed E-state index contributed by atoms with van der Waals surface area (Å²) in [4.78, 5) is 0. The lowest BCUT2D eigenvalue weighted by atomic mass is 10.1. The second-order valence-corrected chi connectivity index (χ2v) is 6.66. The molecule has 2 nitrogen and oxygen atoms in total. The Balaban J connectivity index is 2.05. The monoisotopic (exact) mass is 315 g/mol. The third-order valence-electron chi connectivity index (χ3n) is 3.11. The average Bonchev–Trinajstić information content (AvgIpc) is 2.32. The molecule has 1 aromatic carbocycles. The molecule has 0 spiro atoms. The predicted molar refractivity (Wildman–Crippen MR) is 79.3 cm³/mol. The number of methoxy groups -OCH3 is 1. The molecule has 1 aromatic rings. The van der Waals surface area contributed by atoms with Gasteiger partial charge in [0.15, 0.2) is 0 Å². The number of hydrogen-bond acceptors (Lipinski definition) is 3. The van der Waals surface area contributed by atoms with E-state index in [1.54, 1.807) is 7.11 Å². The first kappa shape index (κ1) is 13.1. The van der Waals surface area contributed by atoms with Crippen molar-refractivity contribution in [3.8, 4) is 5.75 Å². The van der Waals surface area contributed by atoms with Crippen LogP contribution in [0.3, 0.4) is 0 Å². The Morgan fingerprint density at radius 3 is 2.94 bits per heavy atom. The zero-order chi connectivity index (χ0) is 12.3. The molecule has 0 aliphatic carbocycles. The number of rotatable bonds is 3. The lowest BCUT2D eigenvalue weighted by molar-refractivity contribution is 0.412. The van der Waals surface area contributed by atoms with Crippen molar-refractivity contribution in [1.29, 1.82) is 0 Å². The summed E-state index contributed by atoms with van der Waals surface area (Å²) in [5.41, 5.74) is 1.16. The highest BCUT2D eigenvalue weighted by atomic mass is 79.9. The van der Waals surface area contributed by atoms with Crippen molar-refractivity contribution in [3.05, 3.63) is 22.7 Å². The van der Waals surface area contributed by atoms with Crippen molar-refractivity contribution in [3.63, 3.8) is 0 Å². The molecule has 1 aliphatic heterocycles. The van der Waals surface area contributed by atoms with Crippen molar-refractivity contribution in [2.24, 2.45) is 0 Å². The van der Waals surface area contributed by atoms with E-state index in [0.717, 1.165) is 15.9 Å². The topological polar surface area (TPSA) is 21.3 Å². The minimum atomic E-state index is 0.578. The van der Waals surface area contributed by atoms with Gasteiger partial charge in [-0.25, -0.2) is 0 Å². The third kappa shape index (κ3) is 3.32. The lowest BCUT2D eigenvalue weighted by Gasteiger charge is -2.30. The number of thioether (sulfide) groups is 1. The fourth-order valence-electron chi connectivity index (χ4n) is 2.08. The Morgan fingerprint density at radius 1 is 1.47 bits per heavy atom. The van der Waals surface area contributed by atoms with E-state index in [0.29, 0.717) is 11.3 Å². The van der Waals surface area contributed by atoms with Crippen LogP contribution >= 0.6 is 27.7 Å².